The fourth-order valence-electron chi connectivity index (χ4n) is 2.13. The molecule has 15 heavy (non-hydrogen) atoms. The van der Waals surface area contributed by atoms with Gasteiger partial charge in [-0.15, -0.1) is 0 Å². The van der Waals surface area contributed by atoms with Crippen LogP contribution >= 0.6 is 0 Å². The first-order chi connectivity index (χ1) is 7.43. The summed E-state index contributed by atoms with van der Waals surface area (Å²) in [5.41, 5.74) is 3.01. The monoisotopic (exact) mass is 272 g/mol. The molecule has 0 aromatic heterocycles. The average Bonchev–Trinajstić information content (AvgIpc) is 2.89. The molecule has 0 heterocycles. The van der Waals surface area contributed by atoms with Gasteiger partial charge in [-0.05, 0) is 0 Å². The van der Waals surface area contributed by atoms with Crippen LogP contribution in [0.2, 0.25) is 0 Å². The molecule has 0 bridgehead atoms. The van der Waals surface area contributed by atoms with Crippen molar-refractivity contribution in [2.75, 3.05) is 0 Å². The van der Waals surface area contributed by atoms with Crippen molar-refractivity contribution < 1.29 is 26.1 Å². The minimum atomic E-state index is -0.427. The molecule has 0 aliphatic heterocycles. The second-order valence-corrected chi connectivity index (χ2v) is 7.75. The Kier molecular flexibility index (Phi) is 2.58. The summed E-state index contributed by atoms with van der Waals surface area (Å²) in [6.07, 6.45) is 12.8. The third kappa shape index (κ3) is 1.86. The van der Waals surface area contributed by atoms with Crippen molar-refractivity contribution in [3.63, 3.8) is 0 Å². The number of benzene rings is 1. The Morgan fingerprint density at radius 2 is 2.20 bits per heavy atom. The van der Waals surface area contributed by atoms with Crippen molar-refractivity contribution in [2.24, 2.45) is 0 Å². The van der Waals surface area contributed by atoms with E-state index in [9.17, 15) is 0 Å². The summed E-state index contributed by atoms with van der Waals surface area (Å²) in [6, 6.07) is 8.82. The molecule has 0 amide bonds. The molecule has 1 aromatic rings. The molecule has 0 nitrogen and oxygen atoms in total. The third-order valence-electron chi connectivity index (χ3n) is 2.91. The molecule has 2 aliphatic rings. The van der Waals surface area contributed by atoms with Crippen LogP contribution in [-0.2, 0) is 23.2 Å². The topological polar surface area (TPSA) is 0 Å². The first-order valence-electron chi connectivity index (χ1n) is 5.33. The van der Waals surface area contributed by atoms with Crippen molar-refractivity contribution in [3.05, 3.63) is 63.0 Å². The SMILES string of the molecule is C1=CC[C]([Zr+2][CH]2C=Cc3ccccc32)=C1.[H-].[H-]. The fraction of sp³-hybridized carbons (Fsp3) is 0.143. The van der Waals surface area contributed by atoms with Crippen molar-refractivity contribution in [1.82, 2.24) is 0 Å². The summed E-state index contributed by atoms with van der Waals surface area (Å²) in [5, 5.41) is 0. The Bertz CT molecular complexity index is 475. The molecule has 1 heteroatoms. The van der Waals surface area contributed by atoms with Gasteiger partial charge in [0.25, 0.3) is 0 Å². The number of rotatable bonds is 2. The number of allylic oxidation sites excluding steroid dienone is 5. The molecular weight excluding hydrogens is 259 g/mol. The van der Waals surface area contributed by atoms with Crippen LogP contribution in [0.3, 0.4) is 0 Å². The minimum Gasteiger partial charge on any atom is -1.00 e. The second kappa shape index (κ2) is 4.06. The third-order valence-corrected chi connectivity index (χ3v) is 6.74. The Morgan fingerprint density at radius 3 is 3.07 bits per heavy atom. The molecule has 2 aliphatic carbocycles. The Balaban J connectivity index is 0.000000722. The van der Waals surface area contributed by atoms with E-state index in [4.69, 9.17) is 0 Å². The number of hydrogen-bond donors (Lipinski definition) is 0. The van der Waals surface area contributed by atoms with Gasteiger partial charge in [0.2, 0.25) is 0 Å². The van der Waals surface area contributed by atoms with E-state index >= 15 is 0 Å². The quantitative estimate of drug-likeness (QED) is 0.766. The molecule has 3 rings (SSSR count). The summed E-state index contributed by atoms with van der Waals surface area (Å²) in [4.78, 5) is 0. The standard InChI is InChI=1S/C9H7.C5H5.Zr.2H/c1-2-5-9-7-3-6-8(9)4-1;1-2-4-5-3-1;;;/h1-7H;1-3H,4H2;;;/q;;+2;2*-1. The maximum Gasteiger partial charge on any atom is -1.00 e. The fourth-order valence-corrected chi connectivity index (χ4v) is 5.67. The van der Waals surface area contributed by atoms with Crippen molar-refractivity contribution in [3.8, 4) is 0 Å². The van der Waals surface area contributed by atoms with Gasteiger partial charge in [0.15, 0.2) is 0 Å². The van der Waals surface area contributed by atoms with Crippen LogP contribution in [0.5, 0.6) is 0 Å². The van der Waals surface area contributed by atoms with Gasteiger partial charge < -0.3 is 2.85 Å². The molecule has 0 radical (unpaired) electrons. The minimum absolute atomic E-state index is 0. The molecule has 74 valence electrons. The van der Waals surface area contributed by atoms with Crippen LogP contribution in [0.4, 0.5) is 0 Å². The smallest absolute Gasteiger partial charge is 1.00 e. The molecule has 0 fully saturated rings. The van der Waals surface area contributed by atoms with Gasteiger partial charge in [0, 0.05) is 0 Å². The van der Waals surface area contributed by atoms with Crippen LogP contribution in [0.15, 0.2) is 51.9 Å². The van der Waals surface area contributed by atoms with E-state index < -0.39 is 23.2 Å². The number of fused-ring (bicyclic) bond motifs is 1. The molecule has 0 saturated heterocycles. The summed E-state index contributed by atoms with van der Waals surface area (Å²) in [6.45, 7) is 0. The molecule has 0 saturated carbocycles. The molecular formula is C14H14Zr. The van der Waals surface area contributed by atoms with Gasteiger partial charge in [0.1, 0.15) is 0 Å². The van der Waals surface area contributed by atoms with Gasteiger partial charge in [-0.25, -0.2) is 0 Å². The Labute approximate surface area is 105 Å². The molecule has 1 atom stereocenters. The Hall–Kier alpha value is -0.677. The largest absolute Gasteiger partial charge is 1.00 e. The van der Waals surface area contributed by atoms with Gasteiger partial charge in [-0.2, -0.15) is 0 Å². The van der Waals surface area contributed by atoms with Crippen molar-refractivity contribution >= 4 is 6.08 Å². The predicted octanol–water partition coefficient (Wildman–Crippen LogP) is 3.91. The second-order valence-electron chi connectivity index (χ2n) is 3.93. The molecule has 1 aromatic carbocycles. The zero-order valence-corrected chi connectivity index (χ0v) is 10.9. The van der Waals surface area contributed by atoms with Crippen molar-refractivity contribution in [1.29, 1.82) is 0 Å². The van der Waals surface area contributed by atoms with E-state index in [1.54, 1.807) is 8.84 Å². The van der Waals surface area contributed by atoms with Crippen LogP contribution in [0.1, 0.15) is 24.0 Å². The maximum absolute atomic E-state index is 2.41. The normalized spacial score (nSPS) is 21.3. The maximum atomic E-state index is 2.41. The summed E-state index contributed by atoms with van der Waals surface area (Å²) < 4.78 is 2.50. The van der Waals surface area contributed by atoms with E-state index in [2.05, 4.69) is 54.6 Å². The zero-order chi connectivity index (χ0) is 10.1. The van der Waals surface area contributed by atoms with E-state index in [1.165, 1.54) is 12.0 Å². The van der Waals surface area contributed by atoms with Crippen LogP contribution in [0.25, 0.3) is 6.08 Å². The van der Waals surface area contributed by atoms with E-state index in [1.807, 2.05) is 0 Å². The van der Waals surface area contributed by atoms with Gasteiger partial charge in [-0.1, -0.05) is 0 Å². The van der Waals surface area contributed by atoms with Crippen LogP contribution in [0, 0.1) is 0 Å². The van der Waals surface area contributed by atoms with Gasteiger partial charge >= 0.3 is 102 Å². The van der Waals surface area contributed by atoms with E-state index in [-0.39, 0.29) is 2.85 Å². The van der Waals surface area contributed by atoms with E-state index in [0.717, 1.165) is 3.63 Å². The predicted molar refractivity (Wildman–Crippen MR) is 62.3 cm³/mol. The van der Waals surface area contributed by atoms with Gasteiger partial charge in [-0.3, -0.25) is 0 Å². The van der Waals surface area contributed by atoms with E-state index in [0.29, 0.717) is 0 Å². The van der Waals surface area contributed by atoms with Crippen LogP contribution in [-0.4, -0.2) is 0 Å². The number of hydrogen-bond acceptors (Lipinski definition) is 0. The molecule has 0 N–H and O–H groups in total. The summed E-state index contributed by atoms with van der Waals surface area (Å²) in [7, 11) is 0. The van der Waals surface area contributed by atoms with Gasteiger partial charge in [0.05, 0.1) is 0 Å². The first kappa shape index (κ1) is 9.54. The molecule has 1 unspecified atom stereocenters. The molecule has 0 spiro atoms. The Morgan fingerprint density at radius 1 is 1.27 bits per heavy atom. The van der Waals surface area contributed by atoms with Crippen LogP contribution < -0.4 is 0 Å². The summed E-state index contributed by atoms with van der Waals surface area (Å²) >= 11 is -0.427. The zero-order valence-electron chi connectivity index (χ0n) is 10.5. The summed E-state index contributed by atoms with van der Waals surface area (Å²) in [5.74, 6) is 0. The van der Waals surface area contributed by atoms with Crippen molar-refractivity contribution in [2.45, 2.75) is 10.0 Å². The first-order valence-corrected chi connectivity index (χ1v) is 7.98. The average molecular weight is 273 g/mol.